The average Bonchev–Trinajstić information content (AvgIpc) is 3.85. The Kier molecular flexibility index (Phi) is 8.18. The number of benzene rings is 9. The van der Waals surface area contributed by atoms with Crippen LogP contribution in [0.2, 0.25) is 0 Å². The molecule has 0 saturated heterocycles. The maximum Gasteiger partial charge on any atom is 0.0568 e. The fraction of sp³-hybridized carbons (Fsp3) is 0.115. The molecule has 10 aromatic rings. The minimum absolute atomic E-state index is 0.106. The molecule has 0 spiro atoms. The number of nitrogens with zero attached hydrogens (tertiary/aromatic N) is 2. The molecule has 0 radical (unpaired) electrons. The summed E-state index contributed by atoms with van der Waals surface area (Å²) >= 11 is 0. The van der Waals surface area contributed by atoms with E-state index >= 15 is 0 Å². The summed E-state index contributed by atoms with van der Waals surface area (Å²) in [6.07, 6.45) is 0. The van der Waals surface area contributed by atoms with Crippen LogP contribution in [0.3, 0.4) is 0 Å². The zero-order chi connectivity index (χ0) is 42.6. The van der Waals surface area contributed by atoms with E-state index < -0.39 is 0 Å². The molecule has 12 rings (SSSR count). The Hall–Kier alpha value is -7.42. The number of aryl methyl sites for hydroxylation is 1. The van der Waals surface area contributed by atoms with Crippen LogP contribution in [0.4, 0.5) is 17.1 Å². The predicted molar refractivity (Wildman–Crippen MR) is 267 cm³/mol. The van der Waals surface area contributed by atoms with E-state index in [1.165, 1.54) is 99.7 Å². The minimum Gasteiger partial charge on any atom is -0.343 e. The topological polar surface area (TPSA) is 8.17 Å². The van der Waals surface area contributed by atoms with E-state index in [4.69, 9.17) is 0 Å². The van der Waals surface area contributed by atoms with Gasteiger partial charge in [0.15, 0.2) is 0 Å². The second-order valence-electron chi connectivity index (χ2n) is 18.6. The van der Waals surface area contributed by atoms with Gasteiger partial charge in [-0.2, -0.15) is 0 Å². The predicted octanol–water partition coefficient (Wildman–Crippen LogP) is 16.4. The molecule has 1 heterocycles. The van der Waals surface area contributed by atoms with Gasteiger partial charge in [-0.15, -0.1) is 0 Å². The SMILES string of the molecule is Cn1c(-c2ccccc2)c(-c2ccccc2)c2c3ccc(-c4ccc(N(c5ccc6c(c5)C(C)(C)c5ccccc5-6)c5ccc6c(c5)C(C)(C)c5ccccc5-6)cc4)cc3ccc21. The molecule has 0 fully saturated rings. The Balaban J connectivity index is 0.977. The smallest absolute Gasteiger partial charge is 0.0568 e. The zero-order valence-electron chi connectivity index (χ0n) is 36.4. The maximum atomic E-state index is 2.46. The number of fused-ring (bicyclic) bond motifs is 9. The fourth-order valence-corrected chi connectivity index (χ4v) is 11.2. The summed E-state index contributed by atoms with van der Waals surface area (Å²) in [4.78, 5) is 2.46. The highest BCUT2D eigenvalue weighted by atomic mass is 15.1. The molecular formula is C61H48N2. The quantitative estimate of drug-likeness (QED) is 0.162. The molecule has 302 valence electrons. The van der Waals surface area contributed by atoms with E-state index in [2.05, 4.69) is 244 Å². The molecule has 2 aliphatic rings. The molecule has 2 nitrogen and oxygen atoms in total. The molecule has 1 aromatic heterocycles. The summed E-state index contributed by atoms with van der Waals surface area (Å²) in [6, 6.07) is 74.5. The van der Waals surface area contributed by atoms with Crippen molar-refractivity contribution in [3.63, 3.8) is 0 Å². The molecule has 0 unspecified atom stereocenters. The molecule has 2 heteroatoms. The lowest BCUT2D eigenvalue weighted by atomic mass is 9.82. The van der Waals surface area contributed by atoms with E-state index in [0.717, 1.165) is 17.1 Å². The highest BCUT2D eigenvalue weighted by Gasteiger charge is 2.37. The van der Waals surface area contributed by atoms with Crippen molar-refractivity contribution in [2.45, 2.75) is 38.5 Å². The van der Waals surface area contributed by atoms with Gasteiger partial charge < -0.3 is 9.47 Å². The molecule has 0 saturated carbocycles. The van der Waals surface area contributed by atoms with Gasteiger partial charge in [0.1, 0.15) is 0 Å². The number of anilines is 3. The average molecular weight is 809 g/mol. The van der Waals surface area contributed by atoms with Crippen LogP contribution in [0.1, 0.15) is 49.9 Å². The van der Waals surface area contributed by atoms with Crippen LogP contribution in [0, 0.1) is 0 Å². The first kappa shape index (κ1) is 37.4. The highest BCUT2D eigenvalue weighted by molar-refractivity contribution is 6.18. The van der Waals surface area contributed by atoms with Crippen LogP contribution < -0.4 is 4.90 Å². The first-order chi connectivity index (χ1) is 30.7. The van der Waals surface area contributed by atoms with Crippen molar-refractivity contribution in [1.82, 2.24) is 4.57 Å². The summed E-state index contributed by atoms with van der Waals surface area (Å²) in [6.45, 7) is 9.47. The molecule has 0 atom stereocenters. The largest absolute Gasteiger partial charge is 0.343 e. The van der Waals surface area contributed by atoms with Gasteiger partial charge in [-0.05, 0) is 126 Å². The fourth-order valence-electron chi connectivity index (χ4n) is 11.2. The first-order valence-corrected chi connectivity index (χ1v) is 22.2. The maximum absolute atomic E-state index is 2.46. The van der Waals surface area contributed by atoms with Crippen molar-refractivity contribution in [3.8, 4) is 55.8 Å². The molecule has 0 bridgehead atoms. The van der Waals surface area contributed by atoms with Crippen LogP contribution in [-0.2, 0) is 17.9 Å². The van der Waals surface area contributed by atoms with Crippen molar-refractivity contribution in [3.05, 3.63) is 222 Å². The molecule has 9 aromatic carbocycles. The summed E-state index contributed by atoms with van der Waals surface area (Å²) in [7, 11) is 2.20. The van der Waals surface area contributed by atoms with E-state index in [1.54, 1.807) is 0 Å². The van der Waals surface area contributed by atoms with Gasteiger partial charge in [-0.1, -0.05) is 179 Å². The van der Waals surface area contributed by atoms with Crippen LogP contribution >= 0.6 is 0 Å². The lowest BCUT2D eigenvalue weighted by Gasteiger charge is -2.30. The molecule has 0 amide bonds. The van der Waals surface area contributed by atoms with Crippen LogP contribution in [0.15, 0.2) is 200 Å². The molecule has 0 N–H and O–H groups in total. The van der Waals surface area contributed by atoms with Gasteiger partial charge in [-0.3, -0.25) is 0 Å². The van der Waals surface area contributed by atoms with Crippen molar-refractivity contribution in [2.75, 3.05) is 4.90 Å². The summed E-state index contributed by atoms with van der Waals surface area (Å²) < 4.78 is 2.37. The minimum atomic E-state index is -0.106. The normalized spacial score (nSPS) is 14.0. The Bertz CT molecular complexity index is 3330. The summed E-state index contributed by atoms with van der Waals surface area (Å²) in [5, 5.41) is 3.79. The monoisotopic (exact) mass is 808 g/mol. The number of hydrogen-bond donors (Lipinski definition) is 0. The zero-order valence-corrected chi connectivity index (χ0v) is 36.4. The van der Waals surface area contributed by atoms with Crippen molar-refractivity contribution >= 4 is 38.7 Å². The molecular weight excluding hydrogens is 761 g/mol. The molecule has 2 aliphatic carbocycles. The Morgan fingerprint density at radius 1 is 0.381 bits per heavy atom. The van der Waals surface area contributed by atoms with Crippen LogP contribution in [0.5, 0.6) is 0 Å². The summed E-state index contributed by atoms with van der Waals surface area (Å²) in [5.74, 6) is 0. The van der Waals surface area contributed by atoms with Gasteiger partial charge >= 0.3 is 0 Å². The lowest BCUT2D eigenvalue weighted by Crippen LogP contribution is -2.18. The Labute approximate surface area is 370 Å². The van der Waals surface area contributed by atoms with Crippen LogP contribution in [-0.4, -0.2) is 4.57 Å². The number of rotatable bonds is 6. The third kappa shape index (κ3) is 5.57. The van der Waals surface area contributed by atoms with E-state index in [1.807, 2.05) is 0 Å². The van der Waals surface area contributed by atoms with E-state index in [9.17, 15) is 0 Å². The third-order valence-corrected chi connectivity index (χ3v) is 14.4. The van der Waals surface area contributed by atoms with Gasteiger partial charge in [0.2, 0.25) is 0 Å². The first-order valence-electron chi connectivity index (χ1n) is 22.2. The van der Waals surface area contributed by atoms with E-state index in [0.29, 0.717) is 0 Å². The van der Waals surface area contributed by atoms with Gasteiger partial charge in [0, 0.05) is 51.4 Å². The number of hydrogen-bond acceptors (Lipinski definition) is 1. The molecule has 63 heavy (non-hydrogen) atoms. The third-order valence-electron chi connectivity index (χ3n) is 14.4. The standard InChI is InChI=1S/C61H48N2/c1-60(2)52-22-14-12-20-48(52)50-33-30-45(37-54(50)60)63(46-31-34-51-49-21-13-15-23-53(49)61(3,4)55(51)38-46)44-28-24-39(25-29-44)42-26-32-47-43(36-42)27-35-56-58(47)57(40-16-8-6-9-17-40)59(62(56)5)41-18-10-7-11-19-41/h6-38H,1-5H3. The van der Waals surface area contributed by atoms with Gasteiger partial charge in [0.25, 0.3) is 0 Å². The second-order valence-corrected chi connectivity index (χ2v) is 18.6. The van der Waals surface area contributed by atoms with Crippen molar-refractivity contribution in [2.24, 2.45) is 7.05 Å². The second kappa shape index (κ2) is 13.8. The Morgan fingerprint density at radius 3 is 1.46 bits per heavy atom. The lowest BCUT2D eigenvalue weighted by molar-refractivity contribution is 0.660. The van der Waals surface area contributed by atoms with Crippen molar-refractivity contribution in [1.29, 1.82) is 0 Å². The Morgan fingerprint density at radius 2 is 0.873 bits per heavy atom. The number of aromatic nitrogens is 1. The van der Waals surface area contributed by atoms with Crippen LogP contribution in [0.25, 0.3) is 77.4 Å². The van der Waals surface area contributed by atoms with Crippen molar-refractivity contribution < 1.29 is 0 Å². The van der Waals surface area contributed by atoms with Gasteiger partial charge in [0.05, 0.1) is 5.69 Å². The summed E-state index contributed by atoms with van der Waals surface area (Å²) in [5.41, 5.74) is 22.7. The highest BCUT2D eigenvalue weighted by Crippen LogP contribution is 2.53. The van der Waals surface area contributed by atoms with Gasteiger partial charge in [-0.25, -0.2) is 0 Å². The molecule has 0 aliphatic heterocycles. The van der Waals surface area contributed by atoms with E-state index in [-0.39, 0.29) is 10.8 Å².